The summed E-state index contributed by atoms with van der Waals surface area (Å²) in [6.07, 6.45) is 0.329. The fourth-order valence-electron chi connectivity index (χ4n) is 0.747. The molecular weight excluding hydrogens is 134 g/mol. The first-order valence-corrected chi connectivity index (χ1v) is 3.78. The van der Waals surface area contributed by atoms with E-state index in [4.69, 9.17) is 4.74 Å². The lowest BCUT2D eigenvalue weighted by Crippen LogP contribution is -1.78. The molecule has 1 unspecified atom stereocenters. The van der Waals surface area contributed by atoms with Crippen LogP contribution in [0.4, 0.5) is 0 Å². The van der Waals surface area contributed by atoms with Crippen molar-refractivity contribution in [1.29, 1.82) is 0 Å². The Labute approximate surface area is 57.5 Å². The van der Waals surface area contributed by atoms with E-state index in [-0.39, 0.29) is 0 Å². The van der Waals surface area contributed by atoms with E-state index in [1.54, 1.807) is 11.3 Å². The van der Waals surface area contributed by atoms with Crippen LogP contribution >= 0.6 is 11.3 Å². The third-order valence-corrected chi connectivity index (χ3v) is 2.09. The van der Waals surface area contributed by atoms with Gasteiger partial charge in [-0.25, -0.2) is 4.98 Å². The maximum atomic E-state index is 5.05. The Kier molecular flexibility index (Phi) is 1.07. The van der Waals surface area contributed by atoms with Crippen molar-refractivity contribution in [2.75, 3.05) is 6.61 Å². The summed E-state index contributed by atoms with van der Waals surface area (Å²) in [6, 6.07) is 0. The molecule has 1 fully saturated rings. The lowest BCUT2D eigenvalue weighted by molar-refractivity contribution is 0.412. The molecule has 0 radical (unpaired) electrons. The number of epoxide rings is 1. The topological polar surface area (TPSA) is 25.4 Å². The smallest absolute Gasteiger partial charge is 0.124 e. The van der Waals surface area contributed by atoms with Crippen LogP contribution in [0, 0.1) is 6.92 Å². The summed E-state index contributed by atoms with van der Waals surface area (Å²) in [5.41, 5.74) is 1.11. The van der Waals surface area contributed by atoms with Gasteiger partial charge >= 0.3 is 0 Å². The van der Waals surface area contributed by atoms with Crippen LogP contribution in [0.1, 0.15) is 16.8 Å². The normalized spacial score (nSPS) is 24.3. The highest BCUT2D eigenvalue weighted by Gasteiger charge is 2.26. The van der Waals surface area contributed by atoms with Gasteiger partial charge in [0.05, 0.1) is 17.3 Å². The molecule has 1 saturated heterocycles. The molecule has 0 aromatic carbocycles. The van der Waals surface area contributed by atoms with Crippen molar-refractivity contribution < 1.29 is 4.74 Å². The first kappa shape index (κ1) is 5.38. The maximum Gasteiger partial charge on any atom is 0.124 e. The molecule has 1 aromatic rings. The number of ether oxygens (including phenoxy) is 1. The highest BCUT2D eigenvalue weighted by molar-refractivity contribution is 7.09. The van der Waals surface area contributed by atoms with Crippen molar-refractivity contribution in [2.45, 2.75) is 13.0 Å². The summed E-state index contributed by atoms with van der Waals surface area (Å²) in [4.78, 5) is 4.27. The molecule has 1 aliphatic heterocycles. The second-order valence-electron chi connectivity index (χ2n) is 2.11. The van der Waals surface area contributed by atoms with Crippen molar-refractivity contribution in [1.82, 2.24) is 4.98 Å². The van der Waals surface area contributed by atoms with E-state index in [2.05, 4.69) is 10.4 Å². The Hall–Kier alpha value is -0.410. The largest absolute Gasteiger partial charge is 0.366 e. The molecule has 2 heterocycles. The molecule has 0 N–H and O–H groups in total. The molecule has 48 valence electrons. The predicted octanol–water partition coefficient (Wildman–Crippen LogP) is 1.52. The van der Waals surface area contributed by atoms with E-state index < -0.39 is 0 Å². The molecule has 2 nitrogen and oxygen atoms in total. The number of hydrogen-bond acceptors (Lipinski definition) is 3. The van der Waals surface area contributed by atoms with Gasteiger partial charge in [0.1, 0.15) is 6.10 Å². The molecule has 0 spiro atoms. The van der Waals surface area contributed by atoms with E-state index in [1.165, 1.54) is 0 Å². The summed E-state index contributed by atoms with van der Waals surface area (Å²) >= 11 is 1.68. The lowest BCUT2D eigenvalue weighted by atomic mass is 10.4. The van der Waals surface area contributed by atoms with Crippen LogP contribution in [-0.2, 0) is 4.74 Å². The Morgan fingerprint density at radius 2 is 2.67 bits per heavy atom. The van der Waals surface area contributed by atoms with Crippen molar-refractivity contribution in [3.8, 4) is 0 Å². The summed E-state index contributed by atoms with van der Waals surface area (Å²) in [6.45, 7) is 2.87. The van der Waals surface area contributed by atoms with Crippen molar-refractivity contribution in [3.05, 3.63) is 16.1 Å². The zero-order chi connectivity index (χ0) is 6.27. The fourth-order valence-corrected chi connectivity index (χ4v) is 1.40. The van der Waals surface area contributed by atoms with Gasteiger partial charge in [0.15, 0.2) is 0 Å². The minimum absolute atomic E-state index is 0.329. The number of aromatic nitrogens is 1. The summed E-state index contributed by atoms with van der Waals surface area (Å²) in [5, 5.41) is 3.19. The first-order chi connectivity index (χ1) is 4.36. The van der Waals surface area contributed by atoms with E-state index >= 15 is 0 Å². The molecule has 0 bridgehead atoms. The number of nitrogens with zero attached hydrogens (tertiary/aromatic N) is 1. The number of hydrogen-bond donors (Lipinski definition) is 0. The van der Waals surface area contributed by atoms with E-state index in [9.17, 15) is 0 Å². The second-order valence-corrected chi connectivity index (χ2v) is 3.18. The van der Waals surface area contributed by atoms with Gasteiger partial charge in [-0.3, -0.25) is 0 Å². The molecule has 0 aliphatic carbocycles. The Morgan fingerprint density at radius 1 is 1.89 bits per heavy atom. The third-order valence-electron chi connectivity index (χ3n) is 1.30. The zero-order valence-corrected chi connectivity index (χ0v) is 5.94. The molecule has 1 aliphatic rings. The predicted molar refractivity (Wildman–Crippen MR) is 35.5 cm³/mol. The molecule has 1 atom stereocenters. The van der Waals surface area contributed by atoms with Crippen molar-refractivity contribution in [3.63, 3.8) is 0 Å². The molecule has 2 rings (SSSR count). The molecule has 3 heteroatoms. The first-order valence-electron chi connectivity index (χ1n) is 2.90. The van der Waals surface area contributed by atoms with E-state index in [1.807, 2.05) is 6.92 Å². The van der Waals surface area contributed by atoms with Gasteiger partial charge in [-0.15, -0.1) is 11.3 Å². The number of aryl methyl sites for hydroxylation is 1. The zero-order valence-electron chi connectivity index (χ0n) is 5.13. The van der Waals surface area contributed by atoms with Gasteiger partial charge in [0.25, 0.3) is 0 Å². The van der Waals surface area contributed by atoms with Gasteiger partial charge in [-0.1, -0.05) is 0 Å². The van der Waals surface area contributed by atoms with E-state index in [0.29, 0.717) is 6.10 Å². The minimum atomic E-state index is 0.329. The second kappa shape index (κ2) is 1.78. The fraction of sp³-hybridized carbons (Fsp3) is 0.500. The van der Waals surface area contributed by atoms with Gasteiger partial charge in [-0.05, 0) is 6.92 Å². The molecule has 1 aromatic heterocycles. The van der Waals surface area contributed by atoms with Crippen LogP contribution in [0.2, 0.25) is 0 Å². The Balaban J connectivity index is 2.28. The van der Waals surface area contributed by atoms with Crippen LogP contribution < -0.4 is 0 Å². The average molecular weight is 141 g/mol. The minimum Gasteiger partial charge on any atom is -0.366 e. The van der Waals surface area contributed by atoms with Crippen LogP contribution in [0.3, 0.4) is 0 Å². The van der Waals surface area contributed by atoms with Gasteiger partial charge in [0.2, 0.25) is 0 Å². The van der Waals surface area contributed by atoms with Crippen molar-refractivity contribution in [2.24, 2.45) is 0 Å². The van der Waals surface area contributed by atoms with Gasteiger partial charge in [-0.2, -0.15) is 0 Å². The van der Waals surface area contributed by atoms with Crippen molar-refractivity contribution >= 4 is 11.3 Å². The quantitative estimate of drug-likeness (QED) is 0.554. The highest BCUT2D eigenvalue weighted by Crippen LogP contribution is 2.29. The summed E-state index contributed by atoms with van der Waals surface area (Å²) < 4.78 is 5.05. The average Bonchev–Trinajstić information content (AvgIpc) is 2.58. The maximum absolute atomic E-state index is 5.05. The summed E-state index contributed by atoms with van der Waals surface area (Å²) in [7, 11) is 0. The highest BCUT2D eigenvalue weighted by atomic mass is 32.1. The Morgan fingerprint density at radius 3 is 3.11 bits per heavy atom. The molecule has 0 saturated carbocycles. The van der Waals surface area contributed by atoms with Crippen LogP contribution in [0.15, 0.2) is 5.38 Å². The molecular formula is C6H7NOS. The number of thiazole rings is 1. The van der Waals surface area contributed by atoms with E-state index in [0.717, 1.165) is 17.3 Å². The number of rotatable bonds is 1. The monoisotopic (exact) mass is 141 g/mol. The standard InChI is InChI=1S/C6H7NOS/c1-4-7-5(3-9-4)6-2-8-6/h3,6H,2H2,1H3. The van der Waals surface area contributed by atoms with Gasteiger partial charge < -0.3 is 4.74 Å². The third kappa shape index (κ3) is 0.976. The molecule has 9 heavy (non-hydrogen) atoms. The Bertz CT molecular complexity index is 217. The van der Waals surface area contributed by atoms with Gasteiger partial charge in [0, 0.05) is 5.38 Å². The SMILES string of the molecule is Cc1nc(C2CO2)cs1. The summed E-state index contributed by atoms with van der Waals surface area (Å²) in [5.74, 6) is 0. The van der Waals surface area contributed by atoms with Crippen LogP contribution in [0.5, 0.6) is 0 Å². The molecule has 0 amide bonds. The lowest BCUT2D eigenvalue weighted by Gasteiger charge is -1.79. The van der Waals surface area contributed by atoms with Crippen LogP contribution in [-0.4, -0.2) is 11.6 Å². The van der Waals surface area contributed by atoms with Crippen LogP contribution in [0.25, 0.3) is 0 Å².